The van der Waals surface area contributed by atoms with E-state index in [0.29, 0.717) is 23.5 Å². The van der Waals surface area contributed by atoms with Crippen molar-refractivity contribution in [1.82, 2.24) is 0 Å². The Morgan fingerprint density at radius 1 is 0.462 bits per heavy atom. The summed E-state index contributed by atoms with van der Waals surface area (Å²) in [4.78, 5) is -1.85. The van der Waals surface area contributed by atoms with Crippen molar-refractivity contribution in [3.63, 3.8) is 0 Å². The molecule has 0 unspecified atom stereocenters. The molecule has 0 saturated carbocycles. The highest BCUT2D eigenvalue weighted by Gasteiger charge is 2.25. The summed E-state index contributed by atoms with van der Waals surface area (Å²) in [5.74, 6) is -13.0. The number of rotatable bonds is 5. The average Bonchev–Trinajstić information content (AvgIpc) is 2.63. The van der Waals surface area contributed by atoms with Crippen LogP contribution in [-0.4, -0.2) is 11.5 Å². The minimum absolute atomic E-state index is 0.240. The molecule has 26 heavy (non-hydrogen) atoms. The first-order valence-electron chi connectivity index (χ1n) is 7.00. The molecule has 0 aliphatic heterocycles. The highest BCUT2D eigenvalue weighted by Crippen LogP contribution is 2.34. The molecule has 0 spiro atoms. The molecule has 2 aromatic rings. The molecule has 0 fully saturated rings. The van der Waals surface area contributed by atoms with Gasteiger partial charge in [-0.25, -0.2) is 35.1 Å². The second-order valence-corrected chi connectivity index (χ2v) is 7.33. The van der Waals surface area contributed by atoms with Gasteiger partial charge in [-0.2, -0.15) is 0 Å². The maximum atomic E-state index is 13.7. The summed E-state index contributed by atoms with van der Waals surface area (Å²) in [7, 11) is 0. The zero-order valence-electron chi connectivity index (χ0n) is 13.3. The van der Waals surface area contributed by atoms with E-state index >= 15 is 0 Å². The normalized spacial score (nSPS) is 11.3. The minimum Gasteiger partial charge on any atom is -0.203 e. The lowest BCUT2D eigenvalue weighted by Gasteiger charge is -2.11. The van der Waals surface area contributed by atoms with E-state index < -0.39 is 67.5 Å². The molecule has 0 radical (unpaired) electrons. The number of hydrogen-bond donors (Lipinski definition) is 0. The Hall–Kier alpha value is -1.42. The van der Waals surface area contributed by atoms with Crippen molar-refractivity contribution in [3.8, 4) is 0 Å². The fourth-order valence-electron chi connectivity index (χ4n) is 1.98. The summed E-state index contributed by atoms with van der Waals surface area (Å²) in [6.07, 6.45) is 0. The zero-order chi connectivity index (χ0) is 19.8. The van der Waals surface area contributed by atoms with Crippen molar-refractivity contribution in [3.05, 3.63) is 57.7 Å². The average molecular weight is 418 g/mol. The van der Waals surface area contributed by atoms with Gasteiger partial charge in [-0.05, 0) is 13.8 Å². The van der Waals surface area contributed by atoms with E-state index in [1.54, 1.807) is 0 Å². The molecule has 0 aliphatic carbocycles. The molecule has 0 saturated heterocycles. The van der Waals surface area contributed by atoms with Gasteiger partial charge in [-0.1, -0.05) is 0 Å². The monoisotopic (exact) mass is 418 g/mol. The number of halogens is 8. The summed E-state index contributed by atoms with van der Waals surface area (Å²) in [5.41, 5.74) is -1.62. The van der Waals surface area contributed by atoms with Crippen LogP contribution in [0.5, 0.6) is 0 Å². The van der Waals surface area contributed by atoms with Gasteiger partial charge in [-0.15, -0.1) is 23.5 Å². The predicted molar refractivity (Wildman–Crippen MR) is 83.5 cm³/mol. The van der Waals surface area contributed by atoms with Crippen molar-refractivity contribution >= 4 is 23.5 Å². The maximum Gasteiger partial charge on any atom is 0.175 e. The van der Waals surface area contributed by atoms with Crippen LogP contribution in [0.15, 0.2) is 9.79 Å². The molecule has 0 nitrogen and oxygen atoms in total. The van der Waals surface area contributed by atoms with Crippen LogP contribution in [0.1, 0.15) is 11.1 Å². The Morgan fingerprint density at radius 3 is 0.923 bits per heavy atom. The SMILES string of the molecule is Cc1c(F)c(F)c(SCCSc2c(F)c(F)c(C)c(F)c2F)c(F)c1F. The molecule has 0 aromatic heterocycles. The maximum absolute atomic E-state index is 13.7. The molecule has 0 aliphatic rings. The van der Waals surface area contributed by atoms with E-state index in [-0.39, 0.29) is 11.5 Å². The van der Waals surface area contributed by atoms with E-state index in [4.69, 9.17) is 0 Å². The smallest absolute Gasteiger partial charge is 0.175 e. The van der Waals surface area contributed by atoms with E-state index in [9.17, 15) is 35.1 Å². The van der Waals surface area contributed by atoms with Crippen molar-refractivity contribution in [2.24, 2.45) is 0 Å². The Kier molecular flexibility index (Phi) is 6.49. The third-order valence-corrected chi connectivity index (χ3v) is 5.83. The van der Waals surface area contributed by atoms with Crippen molar-refractivity contribution in [2.75, 3.05) is 11.5 Å². The summed E-state index contributed by atoms with van der Waals surface area (Å²) >= 11 is 0.740. The summed E-state index contributed by atoms with van der Waals surface area (Å²) in [6, 6.07) is 0. The van der Waals surface area contributed by atoms with Gasteiger partial charge in [0.05, 0.1) is 9.79 Å². The first-order chi connectivity index (χ1) is 12.1. The third kappa shape index (κ3) is 3.66. The lowest BCUT2D eigenvalue weighted by molar-refractivity contribution is 0.418. The first-order valence-corrected chi connectivity index (χ1v) is 8.97. The van der Waals surface area contributed by atoms with Crippen LogP contribution in [0.25, 0.3) is 0 Å². The highest BCUT2D eigenvalue weighted by molar-refractivity contribution is 8.03. The molecule has 10 heteroatoms. The summed E-state index contributed by atoms with van der Waals surface area (Å²) in [6.45, 7) is 1.74. The van der Waals surface area contributed by atoms with Gasteiger partial charge in [0.1, 0.15) is 0 Å². The topological polar surface area (TPSA) is 0 Å². The quantitative estimate of drug-likeness (QED) is 0.242. The fraction of sp³-hybridized carbons (Fsp3) is 0.250. The lowest BCUT2D eigenvalue weighted by Crippen LogP contribution is -2.04. The second kappa shape index (κ2) is 8.08. The molecule has 0 heterocycles. The van der Waals surface area contributed by atoms with Gasteiger partial charge in [0.15, 0.2) is 46.5 Å². The molecule has 2 aromatic carbocycles. The van der Waals surface area contributed by atoms with E-state index in [1.807, 2.05) is 0 Å². The molecule has 2 rings (SSSR count). The number of thioether (sulfide) groups is 2. The van der Waals surface area contributed by atoms with Crippen molar-refractivity contribution < 1.29 is 35.1 Å². The van der Waals surface area contributed by atoms with Gasteiger partial charge >= 0.3 is 0 Å². The Morgan fingerprint density at radius 2 is 0.692 bits per heavy atom. The van der Waals surface area contributed by atoms with E-state index in [0.717, 1.165) is 13.8 Å². The first kappa shape index (κ1) is 20.9. The van der Waals surface area contributed by atoms with Crippen molar-refractivity contribution in [1.29, 1.82) is 0 Å². The summed E-state index contributed by atoms with van der Waals surface area (Å²) < 4.78 is 109. The predicted octanol–water partition coefficient (Wildman–Crippen LogP) is 6.30. The lowest BCUT2D eigenvalue weighted by atomic mass is 10.2. The van der Waals surface area contributed by atoms with E-state index in [1.165, 1.54) is 0 Å². The van der Waals surface area contributed by atoms with Crippen LogP contribution < -0.4 is 0 Å². The molecule has 0 bridgehead atoms. The van der Waals surface area contributed by atoms with Crippen molar-refractivity contribution in [2.45, 2.75) is 23.6 Å². The number of benzene rings is 2. The van der Waals surface area contributed by atoms with Crippen LogP contribution >= 0.6 is 23.5 Å². The Balaban J connectivity index is 2.14. The zero-order valence-corrected chi connectivity index (χ0v) is 14.9. The third-order valence-electron chi connectivity index (χ3n) is 3.46. The highest BCUT2D eigenvalue weighted by atomic mass is 32.2. The van der Waals surface area contributed by atoms with Gasteiger partial charge in [0.2, 0.25) is 0 Å². The van der Waals surface area contributed by atoms with Crippen LogP contribution in [-0.2, 0) is 0 Å². The van der Waals surface area contributed by atoms with Crippen LogP contribution in [0.3, 0.4) is 0 Å². The van der Waals surface area contributed by atoms with Gasteiger partial charge in [0.25, 0.3) is 0 Å². The van der Waals surface area contributed by atoms with Gasteiger partial charge in [0, 0.05) is 22.6 Å². The number of hydrogen-bond acceptors (Lipinski definition) is 2. The molecule has 0 atom stereocenters. The minimum atomic E-state index is -1.58. The Labute approximate surface area is 152 Å². The van der Waals surface area contributed by atoms with Crippen LogP contribution in [0.2, 0.25) is 0 Å². The van der Waals surface area contributed by atoms with E-state index in [2.05, 4.69) is 0 Å². The summed E-state index contributed by atoms with van der Waals surface area (Å²) in [5, 5.41) is 0. The molecule has 0 N–H and O–H groups in total. The van der Waals surface area contributed by atoms with Crippen LogP contribution in [0, 0.1) is 60.4 Å². The largest absolute Gasteiger partial charge is 0.203 e. The second-order valence-electron chi connectivity index (χ2n) is 5.12. The molecular formula is C16H10F8S2. The molecule has 0 amide bonds. The van der Waals surface area contributed by atoms with Gasteiger partial charge < -0.3 is 0 Å². The Bertz CT molecular complexity index is 737. The van der Waals surface area contributed by atoms with Crippen LogP contribution in [0.4, 0.5) is 35.1 Å². The van der Waals surface area contributed by atoms with Gasteiger partial charge in [-0.3, -0.25) is 0 Å². The standard InChI is InChI=1S/C16H10F8S2/c1-5-7(17)11(21)15(12(22)8(5)18)25-3-4-26-16-13(23)9(19)6(2)10(20)14(16)24/h3-4H2,1-2H3. The molecular weight excluding hydrogens is 408 g/mol. The molecule has 142 valence electrons. The fourth-order valence-corrected chi connectivity index (χ4v) is 3.92.